The summed E-state index contributed by atoms with van der Waals surface area (Å²) >= 11 is 0. The van der Waals surface area contributed by atoms with Crippen molar-refractivity contribution in [2.45, 2.75) is 6.61 Å². The number of hydrogen-bond donors (Lipinski definition) is 0. The summed E-state index contributed by atoms with van der Waals surface area (Å²) in [5.41, 5.74) is 1.19. The summed E-state index contributed by atoms with van der Waals surface area (Å²) in [6.07, 6.45) is 1.49. The maximum atomic E-state index is 8.73. The largest absolute Gasteiger partial charge is 0.459 e. The Morgan fingerprint density at radius 2 is 2.16 bits per heavy atom. The van der Waals surface area contributed by atoms with Crippen molar-refractivity contribution in [1.82, 2.24) is 9.97 Å². The number of rotatable bonds is 3. The van der Waals surface area contributed by atoms with Gasteiger partial charge in [0, 0.05) is 6.20 Å². The van der Waals surface area contributed by atoms with Crippen LogP contribution in [-0.2, 0) is 6.61 Å². The number of nitriles is 1. The summed E-state index contributed by atoms with van der Waals surface area (Å²) in [5, 5.41) is 8.73. The first-order chi connectivity index (χ1) is 9.35. The number of benzene rings is 1. The Labute approximate surface area is 109 Å². The molecule has 94 valence electrons. The van der Waals surface area contributed by atoms with Crippen molar-refractivity contribution in [3.63, 3.8) is 0 Å². The van der Waals surface area contributed by atoms with E-state index in [0.29, 0.717) is 12.4 Å². The zero-order valence-electron chi connectivity index (χ0n) is 9.87. The first kappa shape index (κ1) is 11.3. The molecule has 6 heteroatoms. The van der Waals surface area contributed by atoms with Crippen molar-refractivity contribution in [3.8, 4) is 23.6 Å². The molecular weight excluding hydrogens is 246 g/mol. The number of fused-ring (bicyclic) bond motifs is 1. The molecule has 1 aromatic heterocycles. The Bertz CT molecular complexity index is 652. The summed E-state index contributed by atoms with van der Waals surface area (Å²) in [5.74, 6) is 1.43. The molecule has 19 heavy (non-hydrogen) atoms. The van der Waals surface area contributed by atoms with Gasteiger partial charge in [-0.2, -0.15) is 10.2 Å². The molecule has 3 rings (SSSR count). The maximum absolute atomic E-state index is 8.73. The average molecular weight is 255 g/mol. The van der Waals surface area contributed by atoms with Crippen LogP contribution < -0.4 is 14.2 Å². The van der Waals surface area contributed by atoms with Gasteiger partial charge in [0.2, 0.25) is 6.79 Å². The van der Waals surface area contributed by atoms with Gasteiger partial charge in [-0.1, -0.05) is 6.07 Å². The zero-order chi connectivity index (χ0) is 13.1. The minimum Gasteiger partial charge on any atom is -0.459 e. The van der Waals surface area contributed by atoms with Gasteiger partial charge in [0.15, 0.2) is 11.5 Å². The van der Waals surface area contributed by atoms with Gasteiger partial charge in [0.05, 0.1) is 0 Å². The molecular formula is C13H9N3O3. The minimum absolute atomic E-state index is 0.178. The smallest absolute Gasteiger partial charge is 0.317 e. The van der Waals surface area contributed by atoms with Crippen molar-refractivity contribution in [3.05, 3.63) is 41.7 Å². The Morgan fingerprint density at radius 3 is 3.05 bits per heavy atom. The second kappa shape index (κ2) is 4.82. The van der Waals surface area contributed by atoms with Crippen molar-refractivity contribution >= 4 is 0 Å². The van der Waals surface area contributed by atoms with Gasteiger partial charge in [-0.3, -0.25) is 0 Å². The van der Waals surface area contributed by atoms with Crippen LogP contribution in [-0.4, -0.2) is 16.8 Å². The van der Waals surface area contributed by atoms with Crippen molar-refractivity contribution in [1.29, 1.82) is 5.26 Å². The molecule has 1 aliphatic rings. The van der Waals surface area contributed by atoms with Crippen molar-refractivity contribution in [2.24, 2.45) is 0 Å². The van der Waals surface area contributed by atoms with Gasteiger partial charge in [-0.25, -0.2) is 4.98 Å². The highest BCUT2D eigenvalue weighted by Gasteiger charge is 2.13. The van der Waals surface area contributed by atoms with Crippen LogP contribution >= 0.6 is 0 Å². The average Bonchev–Trinajstić information content (AvgIpc) is 2.93. The molecule has 0 N–H and O–H groups in total. The molecule has 6 nitrogen and oxygen atoms in total. The predicted molar refractivity (Wildman–Crippen MR) is 63.6 cm³/mol. The van der Waals surface area contributed by atoms with E-state index in [0.717, 1.165) is 11.3 Å². The van der Waals surface area contributed by atoms with Crippen LogP contribution in [0.25, 0.3) is 0 Å². The Balaban J connectivity index is 1.70. The Morgan fingerprint density at radius 1 is 1.26 bits per heavy atom. The fourth-order valence-electron chi connectivity index (χ4n) is 1.65. The van der Waals surface area contributed by atoms with E-state index >= 15 is 0 Å². The predicted octanol–water partition coefficient (Wildman–Crippen LogP) is 1.66. The standard InChI is InChI=1S/C13H9N3O3/c14-6-10-3-4-15-13(16-10)17-7-9-1-2-11-12(5-9)19-8-18-11/h1-5H,7-8H2. The Hall–Kier alpha value is -2.81. The molecule has 0 unspecified atom stereocenters. The van der Waals surface area contributed by atoms with Crippen LogP contribution in [0, 0.1) is 11.3 Å². The Kier molecular flexibility index (Phi) is 2.86. The summed E-state index contributed by atoms with van der Waals surface area (Å²) < 4.78 is 15.9. The van der Waals surface area contributed by atoms with Gasteiger partial charge < -0.3 is 14.2 Å². The molecule has 1 aromatic carbocycles. The molecule has 1 aliphatic heterocycles. The maximum Gasteiger partial charge on any atom is 0.317 e. The fraction of sp³-hybridized carbons (Fsp3) is 0.154. The molecule has 2 heterocycles. The summed E-state index contributed by atoms with van der Waals surface area (Å²) in [6, 6.07) is 9.18. The lowest BCUT2D eigenvalue weighted by Gasteiger charge is -2.05. The quantitative estimate of drug-likeness (QED) is 0.830. The molecule has 0 spiro atoms. The highest BCUT2D eigenvalue weighted by molar-refractivity contribution is 5.44. The van der Waals surface area contributed by atoms with Gasteiger partial charge >= 0.3 is 6.01 Å². The molecule has 0 fully saturated rings. The first-order valence-corrected chi connectivity index (χ1v) is 5.59. The van der Waals surface area contributed by atoms with E-state index in [9.17, 15) is 0 Å². The highest BCUT2D eigenvalue weighted by Crippen LogP contribution is 2.32. The molecule has 2 aromatic rings. The van der Waals surface area contributed by atoms with Crippen LogP contribution in [0.4, 0.5) is 0 Å². The molecule has 0 radical (unpaired) electrons. The molecule has 0 saturated heterocycles. The second-order valence-electron chi connectivity index (χ2n) is 3.81. The van der Waals surface area contributed by atoms with E-state index in [4.69, 9.17) is 19.5 Å². The third kappa shape index (κ3) is 2.40. The van der Waals surface area contributed by atoms with E-state index < -0.39 is 0 Å². The molecule has 0 amide bonds. The first-order valence-electron chi connectivity index (χ1n) is 5.59. The van der Waals surface area contributed by atoms with E-state index in [1.165, 1.54) is 12.3 Å². The van der Waals surface area contributed by atoms with E-state index in [-0.39, 0.29) is 18.5 Å². The highest BCUT2D eigenvalue weighted by atomic mass is 16.7. The van der Waals surface area contributed by atoms with Crippen LogP contribution in [0.1, 0.15) is 11.3 Å². The number of nitrogens with zero attached hydrogens (tertiary/aromatic N) is 3. The normalized spacial score (nSPS) is 11.9. The van der Waals surface area contributed by atoms with Crippen LogP contribution in [0.2, 0.25) is 0 Å². The van der Waals surface area contributed by atoms with Crippen LogP contribution in [0.15, 0.2) is 30.5 Å². The van der Waals surface area contributed by atoms with Crippen LogP contribution in [0.3, 0.4) is 0 Å². The number of ether oxygens (including phenoxy) is 3. The van der Waals surface area contributed by atoms with Crippen molar-refractivity contribution in [2.75, 3.05) is 6.79 Å². The summed E-state index contributed by atoms with van der Waals surface area (Å²) in [6.45, 7) is 0.540. The lowest BCUT2D eigenvalue weighted by atomic mass is 10.2. The van der Waals surface area contributed by atoms with Gasteiger partial charge in [-0.15, -0.1) is 0 Å². The SMILES string of the molecule is N#Cc1ccnc(OCc2ccc3c(c2)OCO3)n1. The monoisotopic (exact) mass is 255 g/mol. The van der Waals surface area contributed by atoms with E-state index in [1.54, 1.807) is 0 Å². The van der Waals surface area contributed by atoms with E-state index in [2.05, 4.69) is 9.97 Å². The summed E-state index contributed by atoms with van der Waals surface area (Å²) in [7, 11) is 0. The lowest BCUT2D eigenvalue weighted by Crippen LogP contribution is -2.00. The zero-order valence-corrected chi connectivity index (χ0v) is 9.87. The molecule has 0 saturated carbocycles. The third-order valence-electron chi connectivity index (χ3n) is 2.55. The minimum atomic E-state index is 0.178. The number of aromatic nitrogens is 2. The fourth-order valence-corrected chi connectivity index (χ4v) is 1.65. The molecule has 0 atom stereocenters. The van der Waals surface area contributed by atoms with Gasteiger partial charge in [0.1, 0.15) is 18.4 Å². The van der Waals surface area contributed by atoms with Gasteiger partial charge in [0.25, 0.3) is 0 Å². The lowest BCUT2D eigenvalue weighted by molar-refractivity contribution is 0.174. The topological polar surface area (TPSA) is 77.3 Å². The van der Waals surface area contributed by atoms with Gasteiger partial charge in [-0.05, 0) is 23.8 Å². The molecule has 0 bridgehead atoms. The van der Waals surface area contributed by atoms with Crippen molar-refractivity contribution < 1.29 is 14.2 Å². The molecule has 0 aliphatic carbocycles. The second-order valence-corrected chi connectivity index (χ2v) is 3.81. The van der Waals surface area contributed by atoms with E-state index in [1.807, 2.05) is 24.3 Å². The number of hydrogen-bond acceptors (Lipinski definition) is 6. The van der Waals surface area contributed by atoms with Crippen LogP contribution in [0.5, 0.6) is 17.5 Å². The summed E-state index contributed by atoms with van der Waals surface area (Å²) in [4.78, 5) is 7.86. The third-order valence-corrected chi connectivity index (χ3v) is 2.55.